The van der Waals surface area contributed by atoms with E-state index in [9.17, 15) is 14.0 Å². The molecule has 142 valence electrons. The minimum absolute atomic E-state index is 0.0146. The number of esters is 1. The molecule has 2 aromatic carbocycles. The maximum Gasteiger partial charge on any atom is 0.344 e. The first kappa shape index (κ1) is 20.0. The third-order valence-corrected chi connectivity index (χ3v) is 3.40. The molecule has 0 unspecified atom stereocenters. The SMILES string of the molecule is C/C=C/c1ccc(OCC(=O)OCC(=O)Nc2ccccc2F)c(OC)c1. The second kappa shape index (κ2) is 9.96. The molecule has 0 aliphatic heterocycles. The number of methoxy groups -OCH3 is 1. The van der Waals surface area contributed by atoms with Gasteiger partial charge in [-0.15, -0.1) is 0 Å². The first-order valence-corrected chi connectivity index (χ1v) is 8.17. The molecule has 6 nitrogen and oxygen atoms in total. The molecule has 0 saturated carbocycles. The Hall–Kier alpha value is -3.35. The standard InChI is InChI=1S/C20H20FNO5/c1-3-6-14-9-10-17(18(11-14)25-2)26-13-20(24)27-12-19(23)22-16-8-5-4-7-15(16)21/h3-11H,12-13H2,1-2H3,(H,22,23)/b6-3+. The van der Waals surface area contributed by atoms with E-state index in [1.807, 2.05) is 25.1 Å². The topological polar surface area (TPSA) is 73.9 Å². The van der Waals surface area contributed by atoms with Crippen LogP contribution in [0.1, 0.15) is 12.5 Å². The van der Waals surface area contributed by atoms with Gasteiger partial charge in [0.05, 0.1) is 12.8 Å². The Kier molecular flexibility index (Phi) is 7.37. The molecule has 2 aromatic rings. The quantitative estimate of drug-likeness (QED) is 0.718. The largest absolute Gasteiger partial charge is 0.493 e. The Bertz CT molecular complexity index is 835. The Labute approximate surface area is 156 Å². The van der Waals surface area contributed by atoms with Gasteiger partial charge in [-0.2, -0.15) is 0 Å². The fourth-order valence-electron chi connectivity index (χ4n) is 2.17. The van der Waals surface area contributed by atoms with Crippen molar-refractivity contribution in [2.24, 2.45) is 0 Å². The number of hydrogen-bond acceptors (Lipinski definition) is 5. The number of hydrogen-bond donors (Lipinski definition) is 1. The van der Waals surface area contributed by atoms with E-state index in [4.69, 9.17) is 14.2 Å². The number of carbonyl (C=O) groups excluding carboxylic acids is 2. The number of halogens is 1. The van der Waals surface area contributed by atoms with Crippen LogP contribution >= 0.6 is 0 Å². The number of nitrogens with one attached hydrogen (secondary N) is 1. The first-order valence-electron chi connectivity index (χ1n) is 8.17. The zero-order chi connectivity index (χ0) is 19.6. The van der Waals surface area contributed by atoms with Gasteiger partial charge < -0.3 is 19.5 Å². The van der Waals surface area contributed by atoms with Gasteiger partial charge in [0.15, 0.2) is 24.7 Å². The van der Waals surface area contributed by atoms with Crippen LogP contribution in [0.25, 0.3) is 6.08 Å². The molecule has 0 fully saturated rings. The highest BCUT2D eigenvalue weighted by Crippen LogP contribution is 2.28. The second-order valence-corrected chi connectivity index (χ2v) is 5.39. The third-order valence-electron chi connectivity index (χ3n) is 3.40. The van der Waals surface area contributed by atoms with E-state index in [0.29, 0.717) is 11.5 Å². The molecule has 0 bridgehead atoms. The summed E-state index contributed by atoms with van der Waals surface area (Å²) < 4.78 is 28.9. The average molecular weight is 373 g/mol. The highest BCUT2D eigenvalue weighted by Gasteiger charge is 2.12. The third kappa shape index (κ3) is 6.14. The summed E-state index contributed by atoms with van der Waals surface area (Å²) in [5, 5.41) is 2.32. The predicted octanol–water partition coefficient (Wildman–Crippen LogP) is 3.43. The summed E-state index contributed by atoms with van der Waals surface area (Å²) >= 11 is 0. The van der Waals surface area contributed by atoms with E-state index in [1.165, 1.54) is 25.3 Å². The zero-order valence-corrected chi connectivity index (χ0v) is 15.0. The number of benzene rings is 2. The van der Waals surface area contributed by atoms with Crippen LogP contribution in [-0.4, -0.2) is 32.2 Å². The molecule has 2 rings (SSSR count). The lowest BCUT2D eigenvalue weighted by molar-refractivity contribution is -0.149. The summed E-state index contributed by atoms with van der Waals surface area (Å²) in [7, 11) is 1.49. The van der Waals surface area contributed by atoms with Gasteiger partial charge in [0, 0.05) is 0 Å². The van der Waals surface area contributed by atoms with Gasteiger partial charge in [0.25, 0.3) is 5.91 Å². The van der Waals surface area contributed by atoms with E-state index in [2.05, 4.69) is 5.32 Å². The molecule has 0 spiro atoms. The maximum atomic E-state index is 13.4. The van der Waals surface area contributed by atoms with Crippen molar-refractivity contribution in [2.75, 3.05) is 25.6 Å². The number of rotatable bonds is 8. The van der Waals surface area contributed by atoms with Crippen molar-refractivity contribution in [3.63, 3.8) is 0 Å². The summed E-state index contributed by atoms with van der Waals surface area (Å²) in [5.74, 6) is -1.12. The highest BCUT2D eigenvalue weighted by molar-refractivity contribution is 5.92. The van der Waals surface area contributed by atoms with Crippen LogP contribution in [0, 0.1) is 5.82 Å². The molecule has 7 heteroatoms. The monoisotopic (exact) mass is 373 g/mol. The molecule has 27 heavy (non-hydrogen) atoms. The number of carbonyl (C=O) groups is 2. The summed E-state index contributed by atoms with van der Waals surface area (Å²) in [5.41, 5.74) is 0.940. The molecule has 1 amide bonds. The van der Waals surface area contributed by atoms with E-state index in [0.717, 1.165) is 5.56 Å². The van der Waals surface area contributed by atoms with E-state index in [-0.39, 0.29) is 5.69 Å². The van der Waals surface area contributed by atoms with Gasteiger partial charge in [-0.25, -0.2) is 9.18 Å². The first-order chi connectivity index (χ1) is 13.0. The Morgan fingerprint density at radius 1 is 1.11 bits per heavy atom. The summed E-state index contributed by atoms with van der Waals surface area (Å²) in [4.78, 5) is 23.5. The predicted molar refractivity (Wildman–Crippen MR) is 99.2 cm³/mol. The molecule has 0 radical (unpaired) electrons. The van der Waals surface area contributed by atoms with Crippen molar-refractivity contribution < 1.29 is 28.2 Å². The Morgan fingerprint density at radius 2 is 1.89 bits per heavy atom. The highest BCUT2D eigenvalue weighted by atomic mass is 19.1. The summed E-state index contributed by atoms with van der Waals surface area (Å²) in [6, 6.07) is 10.9. The fourth-order valence-corrected chi connectivity index (χ4v) is 2.17. The Balaban J connectivity index is 1.82. The van der Waals surface area contributed by atoms with Gasteiger partial charge in [-0.05, 0) is 36.8 Å². The smallest absolute Gasteiger partial charge is 0.344 e. The minimum Gasteiger partial charge on any atom is -0.493 e. The van der Waals surface area contributed by atoms with Crippen molar-refractivity contribution in [3.8, 4) is 11.5 Å². The van der Waals surface area contributed by atoms with Gasteiger partial charge in [-0.3, -0.25) is 4.79 Å². The molecule has 0 aliphatic rings. The van der Waals surface area contributed by atoms with Crippen LogP contribution in [0.3, 0.4) is 0 Å². The summed E-state index contributed by atoms with van der Waals surface area (Å²) in [6.07, 6.45) is 3.79. The van der Waals surface area contributed by atoms with Crippen LogP contribution in [0.2, 0.25) is 0 Å². The van der Waals surface area contributed by atoms with E-state index < -0.39 is 30.9 Å². The van der Waals surface area contributed by atoms with Crippen LogP contribution < -0.4 is 14.8 Å². The molecular weight excluding hydrogens is 353 g/mol. The fraction of sp³-hybridized carbons (Fsp3) is 0.200. The van der Waals surface area contributed by atoms with Gasteiger partial charge in [0.1, 0.15) is 5.82 Å². The molecule has 0 aliphatic carbocycles. The van der Waals surface area contributed by atoms with Crippen molar-refractivity contribution in [1.29, 1.82) is 0 Å². The van der Waals surface area contributed by atoms with Crippen LogP contribution in [-0.2, 0) is 14.3 Å². The number of allylic oxidation sites excluding steroid dienone is 1. The molecule has 0 aromatic heterocycles. The van der Waals surface area contributed by atoms with Crippen molar-refractivity contribution in [3.05, 3.63) is 59.9 Å². The molecule has 0 heterocycles. The van der Waals surface area contributed by atoms with Gasteiger partial charge in [0.2, 0.25) is 0 Å². The molecule has 0 atom stereocenters. The van der Waals surface area contributed by atoms with Crippen molar-refractivity contribution in [2.45, 2.75) is 6.92 Å². The second-order valence-electron chi connectivity index (χ2n) is 5.39. The van der Waals surface area contributed by atoms with Crippen LogP contribution in [0.5, 0.6) is 11.5 Å². The lowest BCUT2D eigenvalue weighted by Crippen LogP contribution is -2.24. The number of ether oxygens (including phenoxy) is 3. The molecular formula is C20H20FNO5. The number of amides is 1. The molecule has 1 N–H and O–H groups in total. The minimum atomic E-state index is -0.738. The number of para-hydroxylation sites is 1. The van der Waals surface area contributed by atoms with E-state index >= 15 is 0 Å². The lowest BCUT2D eigenvalue weighted by Gasteiger charge is -2.11. The zero-order valence-electron chi connectivity index (χ0n) is 15.0. The average Bonchev–Trinajstić information content (AvgIpc) is 2.67. The van der Waals surface area contributed by atoms with Gasteiger partial charge >= 0.3 is 5.97 Å². The lowest BCUT2D eigenvalue weighted by atomic mass is 10.2. The number of anilines is 1. The normalized spacial score (nSPS) is 10.5. The maximum absolute atomic E-state index is 13.4. The van der Waals surface area contributed by atoms with Crippen LogP contribution in [0.4, 0.5) is 10.1 Å². The van der Waals surface area contributed by atoms with Crippen molar-refractivity contribution >= 4 is 23.6 Å². The van der Waals surface area contributed by atoms with Crippen LogP contribution in [0.15, 0.2) is 48.5 Å². The molecule has 0 saturated heterocycles. The van der Waals surface area contributed by atoms with Crippen molar-refractivity contribution in [1.82, 2.24) is 0 Å². The van der Waals surface area contributed by atoms with E-state index in [1.54, 1.807) is 18.2 Å². The summed E-state index contributed by atoms with van der Waals surface area (Å²) in [6.45, 7) is 0.954. The van der Waals surface area contributed by atoms with Gasteiger partial charge in [-0.1, -0.05) is 30.4 Å². The Morgan fingerprint density at radius 3 is 2.59 bits per heavy atom.